The van der Waals surface area contributed by atoms with E-state index in [2.05, 4.69) is 24.1 Å². The molecule has 21 heavy (non-hydrogen) atoms. The number of aliphatic hydroxyl groups is 1. The van der Waals surface area contributed by atoms with Gasteiger partial charge in [-0.25, -0.2) is 0 Å². The molecule has 3 rings (SSSR count). The predicted octanol–water partition coefficient (Wildman–Crippen LogP) is 2.19. The van der Waals surface area contributed by atoms with Crippen molar-refractivity contribution in [1.82, 2.24) is 4.90 Å². The number of benzene rings is 1. The summed E-state index contributed by atoms with van der Waals surface area (Å²) < 4.78 is 10.8. The standard InChI is InChI=1S/C17H25NO3/c1-18-9-8-17(7-6-13(19)11-16(17)18)12-4-5-14(20-2)15(10-12)21-3/h4-5,10,13,16,19H,6-9,11H2,1-3H3/t13?,16-,17-/m0/s1. The molecule has 0 aromatic heterocycles. The average Bonchev–Trinajstić information content (AvgIpc) is 2.85. The van der Waals surface area contributed by atoms with E-state index in [4.69, 9.17) is 9.47 Å². The van der Waals surface area contributed by atoms with Gasteiger partial charge in [0.1, 0.15) is 0 Å². The van der Waals surface area contributed by atoms with E-state index in [1.54, 1.807) is 14.2 Å². The lowest BCUT2D eigenvalue weighted by Gasteiger charge is -2.43. The molecule has 3 atom stereocenters. The Morgan fingerprint density at radius 2 is 1.95 bits per heavy atom. The number of hydrogen-bond acceptors (Lipinski definition) is 4. The number of methoxy groups -OCH3 is 2. The van der Waals surface area contributed by atoms with Crippen LogP contribution < -0.4 is 9.47 Å². The molecule has 0 amide bonds. The van der Waals surface area contributed by atoms with Crippen LogP contribution in [0.2, 0.25) is 0 Å². The van der Waals surface area contributed by atoms with Crippen molar-refractivity contribution in [1.29, 1.82) is 0 Å². The van der Waals surface area contributed by atoms with Crippen LogP contribution in [0, 0.1) is 0 Å². The molecular formula is C17H25NO3. The minimum atomic E-state index is -0.163. The number of likely N-dealkylation sites (N-methyl/N-ethyl adjacent to an activating group) is 1. The summed E-state index contributed by atoms with van der Waals surface area (Å²) in [6.45, 7) is 1.09. The Balaban J connectivity index is 2.01. The minimum absolute atomic E-state index is 0.146. The van der Waals surface area contributed by atoms with Gasteiger partial charge >= 0.3 is 0 Å². The van der Waals surface area contributed by atoms with Crippen molar-refractivity contribution in [2.75, 3.05) is 27.8 Å². The van der Waals surface area contributed by atoms with Crippen LogP contribution in [-0.4, -0.2) is 50.0 Å². The third kappa shape index (κ3) is 2.30. The molecule has 1 heterocycles. The molecule has 1 aromatic rings. The first kappa shape index (κ1) is 14.7. The lowest BCUT2D eigenvalue weighted by atomic mass is 9.65. The summed E-state index contributed by atoms with van der Waals surface area (Å²) in [6.07, 6.45) is 3.78. The lowest BCUT2D eigenvalue weighted by molar-refractivity contribution is 0.0566. The summed E-state index contributed by atoms with van der Waals surface area (Å²) in [4.78, 5) is 2.40. The van der Waals surface area contributed by atoms with Gasteiger partial charge in [0, 0.05) is 11.5 Å². The average molecular weight is 291 g/mol. The number of fused-ring (bicyclic) bond motifs is 1. The summed E-state index contributed by atoms with van der Waals surface area (Å²) in [5.74, 6) is 1.57. The Kier molecular flexibility index (Phi) is 3.84. The Bertz CT molecular complexity index is 519. The van der Waals surface area contributed by atoms with Crippen molar-refractivity contribution >= 4 is 0 Å². The third-order valence-corrected chi connectivity index (χ3v) is 5.46. The zero-order valence-corrected chi connectivity index (χ0v) is 13.1. The number of rotatable bonds is 3. The van der Waals surface area contributed by atoms with E-state index in [9.17, 15) is 5.11 Å². The Hall–Kier alpha value is -1.26. The number of hydrogen-bond donors (Lipinski definition) is 1. The van der Waals surface area contributed by atoms with E-state index >= 15 is 0 Å². The zero-order chi connectivity index (χ0) is 15.0. The van der Waals surface area contributed by atoms with Crippen LogP contribution in [0.3, 0.4) is 0 Å². The molecule has 0 spiro atoms. The van der Waals surface area contributed by atoms with Gasteiger partial charge in [0.25, 0.3) is 0 Å². The van der Waals surface area contributed by atoms with Crippen LogP contribution in [0.5, 0.6) is 11.5 Å². The maximum absolute atomic E-state index is 10.0. The molecule has 116 valence electrons. The highest BCUT2D eigenvalue weighted by Gasteiger charge is 2.50. The topological polar surface area (TPSA) is 41.9 Å². The van der Waals surface area contributed by atoms with Gasteiger partial charge < -0.3 is 19.5 Å². The number of aliphatic hydroxyl groups excluding tert-OH is 1. The second-order valence-electron chi connectivity index (χ2n) is 6.40. The molecule has 0 radical (unpaired) electrons. The fraction of sp³-hybridized carbons (Fsp3) is 0.647. The van der Waals surface area contributed by atoms with E-state index in [1.165, 1.54) is 5.56 Å². The van der Waals surface area contributed by atoms with Crippen molar-refractivity contribution in [3.8, 4) is 11.5 Å². The first-order valence-electron chi connectivity index (χ1n) is 7.71. The fourth-order valence-electron chi connectivity index (χ4n) is 4.24. The van der Waals surface area contributed by atoms with Crippen LogP contribution >= 0.6 is 0 Å². The van der Waals surface area contributed by atoms with E-state index in [-0.39, 0.29) is 11.5 Å². The quantitative estimate of drug-likeness (QED) is 0.927. The SMILES string of the molecule is COc1ccc([C@@]23CCC(O)C[C@@H]2N(C)CC3)cc1OC. The van der Waals surface area contributed by atoms with E-state index in [0.29, 0.717) is 6.04 Å². The fourth-order valence-corrected chi connectivity index (χ4v) is 4.24. The van der Waals surface area contributed by atoms with E-state index in [1.807, 2.05) is 6.07 Å². The maximum atomic E-state index is 10.0. The highest BCUT2D eigenvalue weighted by atomic mass is 16.5. The Morgan fingerprint density at radius 3 is 2.67 bits per heavy atom. The largest absolute Gasteiger partial charge is 0.493 e. The van der Waals surface area contributed by atoms with Crippen molar-refractivity contribution in [2.45, 2.75) is 43.2 Å². The third-order valence-electron chi connectivity index (χ3n) is 5.46. The molecule has 4 nitrogen and oxygen atoms in total. The van der Waals surface area contributed by atoms with Crippen molar-refractivity contribution in [2.24, 2.45) is 0 Å². The summed E-state index contributed by atoms with van der Waals surface area (Å²) in [7, 11) is 5.52. The van der Waals surface area contributed by atoms with Crippen molar-refractivity contribution in [3.63, 3.8) is 0 Å². The molecule has 1 saturated carbocycles. The van der Waals surface area contributed by atoms with Crippen LogP contribution in [0.4, 0.5) is 0 Å². The highest BCUT2D eigenvalue weighted by Crippen LogP contribution is 2.49. The summed E-state index contributed by atoms with van der Waals surface area (Å²) >= 11 is 0. The molecule has 0 bridgehead atoms. The van der Waals surface area contributed by atoms with Gasteiger partial charge in [0.05, 0.1) is 20.3 Å². The van der Waals surface area contributed by atoms with Gasteiger partial charge in [0.15, 0.2) is 11.5 Å². The molecule has 1 N–H and O–H groups in total. The first-order chi connectivity index (χ1) is 10.1. The van der Waals surface area contributed by atoms with Crippen LogP contribution in [0.25, 0.3) is 0 Å². The predicted molar refractivity (Wildman–Crippen MR) is 82.1 cm³/mol. The molecule has 1 aliphatic heterocycles. The van der Waals surface area contributed by atoms with Gasteiger partial charge in [-0.05, 0) is 57.0 Å². The van der Waals surface area contributed by atoms with Gasteiger partial charge in [-0.15, -0.1) is 0 Å². The number of nitrogens with zero attached hydrogens (tertiary/aromatic N) is 1. The summed E-state index contributed by atoms with van der Waals surface area (Å²) in [5.41, 5.74) is 1.47. The highest BCUT2D eigenvalue weighted by molar-refractivity contribution is 5.46. The zero-order valence-electron chi connectivity index (χ0n) is 13.1. The van der Waals surface area contributed by atoms with Crippen molar-refractivity contribution < 1.29 is 14.6 Å². The normalized spacial score (nSPS) is 32.8. The Morgan fingerprint density at radius 1 is 1.19 bits per heavy atom. The monoisotopic (exact) mass is 291 g/mol. The van der Waals surface area contributed by atoms with Crippen LogP contribution in [-0.2, 0) is 5.41 Å². The maximum Gasteiger partial charge on any atom is 0.161 e. The molecule has 1 unspecified atom stereocenters. The van der Waals surface area contributed by atoms with E-state index < -0.39 is 0 Å². The minimum Gasteiger partial charge on any atom is -0.493 e. The van der Waals surface area contributed by atoms with E-state index in [0.717, 1.165) is 43.7 Å². The van der Waals surface area contributed by atoms with Gasteiger partial charge in [-0.3, -0.25) is 0 Å². The first-order valence-corrected chi connectivity index (χ1v) is 7.71. The Labute approximate surface area is 126 Å². The second kappa shape index (κ2) is 5.50. The number of likely N-dealkylation sites (tertiary alicyclic amines) is 1. The van der Waals surface area contributed by atoms with Crippen molar-refractivity contribution in [3.05, 3.63) is 23.8 Å². The molecular weight excluding hydrogens is 266 g/mol. The summed E-state index contributed by atoms with van der Waals surface area (Å²) in [6, 6.07) is 6.72. The van der Waals surface area contributed by atoms with Crippen LogP contribution in [0.15, 0.2) is 18.2 Å². The summed E-state index contributed by atoms with van der Waals surface area (Å²) in [5, 5.41) is 10.0. The molecule has 2 fully saturated rings. The van der Waals surface area contributed by atoms with Gasteiger partial charge in [-0.2, -0.15) is 0 Å². The molecule has 1 aromatic carbocycles. The molecule has 1 aliphatic carbocycles. The number of ether oxygens (including phenoxy) is 2. The molecule has 1 saturated heterocycles. The van der Waals surface area contributed by atoms with Gasteiger partial charge in [0.2, 0.25) is 0 Å². The molecule has 4 heteroatoms. The molecule has 2 aliphatic rings. The van der Waals surface area contributed by atoms with Crippen LogP contribution in [0.1, 0.15) is 31.2 Å². The lowest BCUT2D eigenvalue weighted by Crippen LogP contribution is -2.47. The smallest absolute Gasteiger partial charge is 0.161 e. The van der Waals surface area contributed by atoms with Gasteiger partial charge in [-0.1, -0.05) is 6.07 Å². The second-order valence-corrected chi connectivity index (χ2v) is 6.40.